The van der Waals surface area contributed by atoms with Crippen molar-refractivity contribution in [2.45, 2.75) is 24.3 Å². The fourth-order valence-electron chi connectivity index (χ4n) is 3.88. The molecule has 1 N–H and O–H groups in total. The van der Waals surface area contributed by atoms with Crippen molar-refractivity contribution < 1.29 is 4.79 Å². The van der Waals surface area contributed by atoms with Crippen LogP contribution in [0, 0.1) is 0 Å². The Morgan fingerprint density at radius 2 is 1.86 bits per heavy atom. The van der Waals surface area contributed by atoms with E-state index in [1.807, 2.05) is 29.3 Å². The molecule has 6 heteroatoms. The highest BCUT2D eigenvalue weighted by molar-refractivity contribution is 7.99. The van der Waals surface area contributed by atoms with E-state index in [9.17, 15) is 4.79 Å². The molecule has 3 heterocycles. The maximum Gasteiger partial charge on any atom is 0.240 e. The first-order valence-electron chi connectivity index (χ1n) is 10.1. The highest BCUT2D eigenvalue weighted by Crippen LogP contribution is 2.32. The quantitative estimate of drug-likeness (QED) is 0.813. The van der Waals surface area contributed by atoms with Gasteiger partial charge in [0.1, 0.15) is 0 Å². The number of piperazine rings is 1. The lowest BCUT2D eigenvalue weighted by Gasteiger charge is -2.36. The normalized spacial score (nSPS) is 23.1. The fourth-order valence-corrected chi connectivity index (χ4v) is 5.07. The van der Waals surface area contributed by atoms with Crippen molar-refractivity contribution >= 4 is 17.7 Å². The summed E-state index contributed by atoms with van der Waals surface area (Å²) in [6.07, 6.45) is 4.10. The third kappa shape index (κ3) is 4.93. The summed E-state index contributed by atoms with van der Waals surface area (Å²) >= 11 is 1.77. The van der Waals surface area contributed by atoms with Crippen molar-refractivity contribution in [3.05, 3.63) is 66.0 Å². The Morgan fingerprint density at radius 3 is 2.61 bits per heavy atom. The van der Waals surface area contributed by atoms with E-state index in [1.54, 1.807) is 11.8 Å². The highest BCUT2D eigenvalue weighted by Gasteiger charge is 2.34. The molecule has 1 aromatic heterocycles. The Balaban J connectivity index is 1.19. The first-order chi connectivity index (χ1) is 13.8. The van der Waals surface area contributed by atoms with Gasteiger partial charge >= 0.3 is 0 Å². The van der Waals surface area contributed by atoms with Gasteiger partial charge in [-0.25, -0.2) is 0 Å². The number of aryl methyl sites for hydroxylation is 1. The molecule has 2 fully saturated rings. The maximum absolute atomic E-state index is 12.9. The van der Waals surface area contributed by atoms with Crippen molar-refractivity contribution in [3.8, 4) is 0 Å². The zero-order valence-electron chi connectivity index (χ0n) is 16.2. The molecule has 0 bridgehead atoms. The topological polar surface area (TPSA) is 48.5 Å². The van der Waals surface area contributed by atoms with Crippen molar-refractivity contribution in [1.29, 1.82) is 0 Å². The molecule has 28 heavy (non-hydrogen) atoms. The third-order valence-electron chi connectivity index (χ3n) is 5.50. The summed E-state index contributed by atoms with van der Waals surface area (Å²) in [5.41, 5.74) is 2.41. The molecule has 0 saturated carbocycles. The Bertz CT molecular complexity index is 750. The van der Waals surface area contributed by atoms with Crippen LogP contribution in [0.5, 0.6) is 0 Å². The molecule has 0 spiro atoms. The number of benzene rings is 1. The molecule has 2 saturated heterocycles. The van der Waals surface area contributed by atoms with Gasteiger partial charge in [-0.05, 0) is 37.1 Å². The average Bonchev–Trinajstić information content (AvgIpc) is 3.25. The summed E-state index contributed by atoms with van der Waals surface area (Å²) in [5, 5.41) is 3.58. The van der Waals surface area contributed by atoms with Crippen LogP contribution in [0.15, 0.2) is 54.7 Å². The number of amides is 1. The monoisotopic (exact) mass is 396 g/mol. The minimum atomic E-state index is -0.0957. The van der Waals surface area contributed by atoms with Crippen LogP contribution in [0.2, 0.25) is 0 Å². The number of rotatable bonds is 6. The molecular weight excluding hydrogens is 368 g/mol. The van der Waals surface area contributed by atoms with E-state index in [0.29, 0.717) is 0 Å². The zero-order valence-corrected chi connectivity index (χ0v) is 17.0. The summed E-state index contributed by atoms with van der Waals surface area (Å²) in [5.74, 6) is 1.06. The first-order valence-corrected chi connectivity index (χ1v) is 11.2. The molecule has 0 aliphatic carbocycles. The van der Waals surface area contributed by atoms with Crippen LogP contribution >= 0.6 is 11.8 Å². The van der Waals surface area contributed by atoms with Gasteiger partial charge in [0.2, 0.25) is 5.91 Å². The number of pyridine rings is 1. The zero-order chi connectivity index (χ0) is 19.2. The maximum atomic E-state index is 12.9. The predicted octanol–water partition coefficient (Wildman–Crippen LogP) is 2.56. The number of nitrogens with zero attached hydrogens (tertiary/aromatic N) is 3. The largest absolute Gasteiger partial charge is 0.339 e. The Morgan fingerprint density at radius 1 is 1.07 bits per heavy atom. The molecule has 2 atom stereocenters. The van der Waals surface area contributed by atoms with Gasteiger partial charge in [0.05, 0.1) is 17.1 Å². The number of aromatic nitrogens is 1. The van der Waals surface area contributed by atoms with Crippen molar-refractivity contribution in [1.82, 2.24) is 20.1 Å². The van der Waals surface area contributed by atoms with Gasteiger partial charge in [-0.1, -0.05) is 36.4 Å². The molecule has 2 aromatic rings. The minimum Gasteiger partial charge on any atom is -0.339 e. The molecule has 2 aliphatic rings. The average molecular weight is 397 g/mol. The van der Waals surface area contributed by atoms with Crippen LogP contribution < -0.4 is 5.32 Å². The molecule has 2 unspecified atom stereocenters. The third-order valence-corrected chi connectivity index (χ3v) is 6.74. The second-order valence-electron chi connectivity index (χ2n) is 7.44. The fraction of sp³-hybridized carbons (Fsp3) is 0.455. The van der Waals surface area contributed by atoms with E-state index < -0.39 is 0 Å². The van der Waals surface area contributed by atoms with Crippen LogP contribution in [0.25, 0.3) is 0 Å². The number of hydrogen-bond donors (Lipinski definition) is 1. The van der Waals surface area contributed by atoms with Crippen molar-refractivity contribution in [2.24, 2.45) is 0 Å². The summed E-state index contributed by atoms with van der Waals surface area (Å²) in [7, 11) is 0. The number of hydrogen-bond acceptors (Lipinski definition) is 5. The molecule has 1 aromatic carbocycles. The summed E-state index contributed by atoms with van der Waals surface area (Å²) in [6.45, 7) is 4.73. The van der Waals surface area contributed by atoms with Crippen LogP contribution in [0.4, 0.5) is 0 Å². The lowest BCUT2D eigenvalue weighted by molar-refractivity contribution is -0.134. The molecular formula is C22H28N4OS. The van der Waals surface area contributed by atoms with E-state index in [-0.39, 0.29) is 17.3 Å². The summed E-state index contributed by atoms with van der Waals surface area (Å²) in [6, 6.07) is 16.5. The van der Waals surface area contributed by atoms with Gasteiger partial charge in [0, 0.05) is 38.1 Å². The summed E-state index contributed by atoms with van der Waals surface area (Å²) in [4.78, 5) is 21.8. The van der Waals surface area contributed by atoms with Crippen molar-refractivity contribution in [2.75, 3.05) is 38.5 Å². The van der Waals surface area contributed by atoms with Crippen LogP contribution in [0.1, 0.15) is 23.1 Å². The van der Waals surface area contributed by atoms with Gasteiger partial charge in [-0.15, -0.1) is 11.8 Å². The van der Waals surface area contributed by atoms with Crippen LogP contribution in [-0.4, -0.2) is 65.2 Å². The molecule has 2 aliphatic heterocycles. The Labute approximate surface area is 171 Å². The van der Waals surface area contributed by atoms with E-state index in [0.717, 1.165) is 50.6 Å². The van der Waals surface area contributed by atoms with Crippen molar-refractivity contribution in [3.63, 3.8) is 0 Å². The molecule has 0 radical (unpaired) electrons. The lowest BCUT2D eigenvalue weighted by atomic mass is 10.1. The molecule has 4 rings (SSSR count). The van der Waals surface area contributed by atoms with Crippen LogP contribution in [0.3, 0.4) is 0 Å². The van der Waals surface area contributed by atoms with Gasteiger partial charge in [-0.2, -0.15) is 0 Å². The standard InChI is InChI=1S/C22H28N4OS/c27-22(20-17-28-21(24-20)19-10-4-5-11-23-19)26-15-13-25(14-16-26)12-6-9-18-7-2-1-3-8-18/h1-5,7-8,10-11,20-21,24H,6,9,12-17H2. The number of carbonyl (C=O) groups is 1. The molecule has 148 valence electrons. The summed E-state index contributed by atoms with van der Waals surface area (Å²) < 4.78 is 0. The second-order valence-corrected chi connectivity index (χ2v) is 8.58. The molecule has 1 amide bonds. The highest BCUT2D eigenvalue weighted by atomic mass is 32.2. The van der Waals surface area contributed by atoms with E-state index >= 15 is 0 Å². The molecule has 5 nitrogen and oxygen atoms in total. The van der Waals surface area contributed by atoms with Gasteiger partial charge in [-0.3, -0.25) is 20.0 Å². The van der Waals surface area contributed by atoms with E-state index in [4.69, 9.17) is 0 Å². The van der Waals surface area contributed by atoms with Gasteiger partial charge in [0.25, 0.3) is 0 Å². The lowest BCUT2D eigenvalue weighted by Crippen LogP contribution is -2.53. The van der Waals surface area contributed by atoms with Crippen LogP contribution in [-0.2, 0) is 11.2 Å². The SMILES string of the molecule is O=C(C1CSC(c2ccccn2)N1)N1CCN(CCCc2ccccc2)CC1. The number of thioether (sulfide) groups is 1. The van der Waals surface area contributed by atoms with E-state index in [2.05, 4.69) is 45.5 Å². The Hall–Kier alpha value is -1.89. The first kappa shape index (κ1) is 19.4. The minimum absolute atomic E-state index is 0.0957. The predicted molar refractivity (Wildman–Crippen MR) is 114 cm³/mol. The van der Waals surface area contributed by atoms with E-state index in [1.165, 1.54) is 12.0 Å². The Kier molecular flexibility index (Phi) is 6.62. The smallest absolute Gasteiger partial charge is 0.240 e. The van der Waals surface area contributed by atoms with Gasteiger partial charge < -0.3 is 4.90 Å². The second kappa shape index (κ2) is 9.54. The number of carbonyl (C=O) groups excluding carboxylic acids is 1. The van der Waals surface area contributed by atoms with Gasteiger partial charge in [0.15, 0.2) is 0 Å². The number of nitrogens with one attached hydrogen (secondary N) is 1.